The van der Waals surface area contributed by atoms with Gasteiger partial charge in [-0.25, -0.2) is 0 Å². The predicted molar refractivity (Wildman–Crippen MR) is 102 cm³/mol. The van der Waals surface area contributed by atoms with Crippen LogP contribution in [0.5, 0.6) is 0 Å². The van der Waals surface area contributed by atoms with E-state index in [0.717, 1.165) is 11.1 Å². The van der Waals surface area contributed by atoms with Crippen LogP contribution in [0.3, 0.4) is 0 Å². The molecule has 0 aliphatic heterocycles. The van der Waals surface area contributed by atoms with E-state index in [0.29, 0.717) is 22.7 Å². The molecule has 0 aliphatic carbocycles. The number of thiophene rings is 1. The number of carbonyl (C=O) groups excluding carboxylic acids is 2. The van der Waals surface area contributed by atoms with Gasteiger partial charge in [0, 0.05) is 23.4 Å². The number of amides is 2. The molecule has 1 aromatic heterocycles. The van der Waals surface area contributed by atoms with E-state index in [1.807, 2.05) is 48.7 Å². The molecule has 0 radical (unpaired) electrons. The molecule has 5 heteroatoms. The first-order valence-electron chi connectivity index (χ1n) is 8.01. The number of hydrogen-bond donors (Lipinski definition) is 2. The van der Waals surface area contributed by atoms with Crippen molar-refractivity contribution in [1.29, 1.82) is 0 Å². The summed E-state index contributed by atoms with van der Waals surface area (Å²) in [5.41, 5.74) is 3.03. The maximum absolute atomic E-state index is 12.7. The van der Waals surface area contributed by atoms with Gasteiger partial charge in [0.1, 0.15) is 0 Å². The third-order valence-corrected chi connectivity index (χ3v) is 4.59. The highest BCUT2D eigenvalue weighted by atomic mass is 32.1. The lowest BCUT2D eigenvalue weighted by Gasteiger charge is -2.08. The average molecular weight is 350 g/mol. The fourth-order valence-corrected chi connectivity index (χ4v) is 3.33. The van der Waals surface area contributed by atoms with Crippen LogP contribution in [0, 0.1) is 0 Å². The standard InChI is InChI=1S/C20H18N2O2S/c1-2-21-19(23)15-9-6-10-16(13-15)22-20(24)18-17(11-12-25-18)14-7-4-3-5-8-14/h3-13H,2H2,1H3,(H,21,23)(H,22,24). The molecule has 3 aromatic rings. The fraction of sp³-hybridized carbons (Fsp3) is 0.100. The number of anilines is 1. The first kappa shape index (κ1) is 16.9. The van der Waals surface area contributed by atoms with Crippen LogP contribution in [0.4, 0.5) is 5.69 Å². The van der Waals surface area contributed by atoms with Crippen LogP contribution >= 0.6 is 11.3 Å². The van der Waals surface area contributed by atoms with Crippen molar-refractivity contribution in [3.8, 4) is 11.1 Å². The Kier molecular flexibility index (Phi) is 5.26. The molecule has 3 rings (SSSR count). The summed E-state index contributed by atoms with van der Waals surface area (Å²) in [7, 11) is 0. The summed E-state index contributed by atoms with van der Waals surface area (Å²) in [6.07, 6.45) is 0. The molecule has 0 saturated carbocycles. The number of rotatable bonds is 5. The molecular weight excluding hydrogens is 332 g/mol. The lowest BCUT2D eigenvalue weighted by atomic mass is 10.1. The number of carbonyl (C=O) groups is 2. The molecule has 0 unspecified atom stereocenters. The third kappa shape index (κ3) is 3.95. The highest BCUT2D eigenvalue weighted by molar-refractivity contribution is 7.12. The lowest BCUT2D eigenvalue weighted by Crippen LogP contribution is -2.22. The Bertz CT molecular complexity index is 887. The number of benzene rings is 2. The molecule has 0 fully saturated rings. The van der Waals surface area contributed by atoms with E-state index in [4.69, 9.17) is 0 Å². The topological polar surface area (TPSA) is 58.2 Å². The van der Waals surface area contributed by atoms with Crippen LogP contribution in [0.15, 0.2) is 66.0 Å². The van der Waals surface area contributed by atoms with Crippen LogP contribution < -0.4 is 10.6 Å². The number of hydrogen-bond acceptors (Lipinski definition) is 3. The number of nitrogens with one attached hydrogen (secondary N) is 2. The van der Waals surface area contributed by atoms with E-state index in [-0.39, 0.29) is 11.8 Å². The van der Waals surface area contributed by atoms with Crippen LogP contribution in [0.25, 0.3) is 11.1 Å². The van der Waals surface area contributed by atoms with Crippen LogP contribution in [-0.2, 0) is 0 Å². The van der Waals surface area contributed by atoms with Crippen molar-refractivity contribution in [3.05, 3.63) is 76.5 Å². The van der Waals surface area contributed by atoms with Gasteiger partial charge in [0.15, 0.2) is 0 Å². The monoisotopic (exact) mass is 350 g/mol. The second-order valence-corrected chi connectivity index (χ2v) is 6.34. The molecule has 0 bridgehead atoms. The van der Waals surface area contributed by atoms with E-state index in [1.165, 1.54) is 11.3 Å². The zero-order chi connectivity index (χ0) is 17.6. The maximum Gasteiger partial charge on any atom is 0.266 e. The molecule has 0 aliphatic rings. The molecule has 126 valence electrons. The zero-order valence-electron chi connectivity index (χ0n) is 13.8. The van der Waals surface area contributed by atoms with Gasteiger partial charge in [0.25, 0.3) is 11.8 Å². The van der Waals surface area contributed by atoms with Gasteiger partial charge in [-0.15, -0.1) is 11.3 Å². The van der Waals surface area contributed by atoms with Crippen LogP contribution in [0.1, 0.15) is 27.0 Å². The third-order valence-electron chi connectivity index (χ3n) is 3.68. The molecule has 1 heterocycles. The summed E-state index contributed by atoms with van der Waals surface area (Å²) in [4.78, 5) is 25.3. The van der Waals surface area contributed by atoms with Crippen molar-refractivity contribution in [2.75, 3.05) is 11.9 Å². The molecule has 0 atom stereocenters. The van der Waals surface area contributed by atoms with Crippen molar-refractivity contribution in [2.24, 2.45) is 0 Å². The van der Waals surface area contributed by atoms with Crippen molar-refractivity contribution in [3.63, 3.8) is 0 Å². The van der Waals surface area contributed by atoms with Gasteiger partial charge in [-0.1, -0.05) is 36.4 Å². The second kappa shape index (κ2) is 7.77. The average Bonchev–Trinajstić information content (AvgIpc) is 3.13. The fourth-order valence-electron chi connectivity index (χ4n) is 2.52. The van der Waals surface area contributed by atoms with E-state index in [1.54, 1.807) is 24.3 Å². The Balaban J connectivity index is 1.81. The maximum atomic E-state index is 12.7. The Morgan fingerprint density at radius 3 is 2.52 bits per heavy atom. The Hall–Kier alpha value is -2.92. The SMILES string of the molecule is CCNC(=O)c1cccc(NC(=O)c2sccc2-c2ccccc2)c1. The van der Waals surface area contributed by atoms with Crippen molar-refractivity contribution in [1.82, 2.24) is 5.32 Å². The normalized spacial score (nSPS) is 10.3. The molecule has 0 saturated heterocycles. The highest BCUT2D eigenvalue weighted by Gasteiger charge is 2.15. The van der Waals surface area contributed by atoms with Crippen molar-refractivity contribution < 1.29 is 9.59 Å². The molecule has 2 amide bonds. The molecule has 25 heavy (non-hydrogen) atoms. The minimum Gasteiger partial charge on any atom is -0.352 e. The van der Waals surface area contributed by atoms with Gasteiger partial charge in [-0.05, 0) is 42.1 Å². The summed E-state index contributed by atoms with van der Waals surface area (Å²) in [6, 6.07) is 18.7. The first-order chi connectivity index (χ1) is 12.2. The molecular formula is C20H18N2O2S. The second-order valence-electron chi connectivity index (χ2n) is 5.42. The quantitative estimate of drug-likeness (QED) is 0.716. The van der Waals surface area contributed by atoms with Gasteiger partial charge in [0.2, 0.25) is 0 Å². The Morgan fingerprint density at radius 2 is 1.76 bits per heavy atom. The van der Waals surface area contributed by atoms with Gasteiger partial charge >= 0.3 is 0 Å². The molecule has 4 nitrogen and oxygen atoms in total. The molecule has 2 N–H and O–H groups in total. The van der Waals surface area contributed by atoms with E-state index >= 15 is 0 Å². The Labute approximate surface area is 150 Å². The van der Waals surface area contributed by atoms with Gasteiger partial charge in [0.05, 0.1) is 4.88 Å². The smallest absolute Gasteiger partial charge is 0.266 e. The Morgan fingerprint density at radius 1 is 0.960 bits per heavy atom. The summed E-state index contributed by atoms with van der Waals surface area (Å²) >= 11 is 1.40. The zero-order valence-corrected chi connectivity index (χ0v) is 14.6. The van der Waals surface area contributed by atoms with E-state index < -0.39 is 0 Å². The summed E-state index contributed by atoms with van der Waals surface area (Å²) < 4.78 is 0. The van der Waals surface area contributed by atoms with Crippen molar-refractivity contribution >= 4 is 28.8 Å². The molecule has 2 aromatic carbocycles. The lowest BCUT2D eigenvalue weighted by molar-refractivity contribution is 0.0954. The minimum atomic E-state index is -0.179. The van der Waals surface area contributed by atoms with Gasteiger partial charge in [-0.3, -0.25) is 9.59 Å². The van der Waals surface area contributed by atoms with Crippen LogP contribution in [0.2, 0.25) is 0 Å². The highest BCUT2D eigenvalue weighted by Crippen LogP contribution is 2.29. The largest absolute Gasteiger partial charge is 0.352 e. The minimum absolute atomic E-state index is 0.153. The van der Waals surface area contributed by atoms with Gasteiger partial charge in [-0.2, -0.15) is 0 Å². The summed E-state index contributed by atoms with van der Waals surface area (Å²) in [5.74, 6) is -0.332. The van der Waals surface area contributed by atoms with Gasteiger partial charge < -0.3 is 10.6 Å². The first-order valence-corrected chi connectivity index (χ1v) is 8.89. The van der Waals surface area contributed by atoms with E-state index in [2.05, 4.69) is 10.6 Å². The summed E-state index contributed by atoms with van der Waals surface area (Å²) in [5, 5.41) is 7.54. The summed E-state index contributed by atoms with van der Waals surface area (Å²) in [6.45, 7) is 2.43. The van der Waals surface area contributed by atoms with Crippen molar-refractivity contribution in [2.45, 2.75) is 6.92 Å². The van der Waals surface area contributed by atoms with E-state index in [9.17, 15) is 9.59 Å². The van der Waals surface area contributed by atoms with Crippen LogP contribution in [-0.4, -0.2) is 18.4 Å². The predicted octanol–water partition coefficient (Wildman–Crippen LogP) is 4.42. The molecule has 0 spiro atoms.